The molecular weight excluding hydrogens is 260 g/mol. The molecule has 7 heteroatoms. The first-order valence-electron chi connectivity index (χ1n) is 6.99. The largest absolute Gasteiger partial charge is 0.337 e. The molecule has 0 aromatic carbocycles. The molecule has 2 unspecified atom stereocenters. The van der Waals surface area contributed by atoms with Gasteiger partial charge in [0.2, 0.25) is 5.91 Å². The zero-order valence-electron chi connectivity index (χ0n) is 12.0. The summed E-state index contributed by atoms with van der Waals surface area (Å²) in [4.78, 5) is 39.8. The van der Waals surface area contributed by atoms with Crippen molar-refractivity contribution in [3.63, 3.8) is 0 Å². The molecule has 0 aliphatic carbocycles. The zero-order valence-corrected chi connectivity index (χ0v) is 12.0. The fourth-order valence-electron chi connectivity index (χ4n) is 2.85. The highest BCUT2D eigenvalue weighted by molar-refractivity contribution is 6.04. The van der Waals surface area contributed by atoms with Crippen LogP contribution in [0.15, 0.2) is 0 Å². The first-order valence-corrected chi connectivity index (χ1v) is 6.99. The number of amides is 4. The van der Waals surface area contributed by atoms with Gasteiger partial charge in [-0.15, -0.1) is 0 Å². The van der Waals surface area contributed by atoms with Crippen LogP contribution in [0.25, 0.3) is 0 Å². The lowest BCUT2D eigenvalue weighted by molar-refractivity contribution is -0.139. The topological polar surface area (TPSA) is 87.0 Å². The van der Waals surface area contributed by atoms with Gasteiger partial charge in [-0.3, -0.25) is 14.5 Å². The van der Waals surface area contributed by atoms with E-state index in [9.17, 15) is 14.4 Å². The number of urea groups is 1. The second-order valence-corrected chi connectivity index (χ2v) is 5.72. The van der Waals surface area contributed by atoms with Crippen LogP contribution in [0.4, 0.5) is 4.79 Å². The maximum atomic E-state index is 12.3. The average Bonchev–Trinajstić information content (AvgIpc) is 2.65. The predicted molar refractivity (Wildman–Crippen MR) is 72.7 cm³/mol. The number of imide groups is 1. The van der Waals surface area contributed by atoms with Crippen molar-refractivity contribution in [2.24, 2.45) is 11.7 Å². The Balaban J connectivity index is 2.01. The summed E-state index contributed by atoms with van der Waals surface area (Å²) in [6, 6.07) is -0.394. The number of nitrogens with two attached hydrogens (primary N) is 1. The van der Waals surface area contributed by atoms with E-state index in [1.165, 1.54) is 4.90 Å². The van der Waals surface area contributed by atoms with Crippen LogP contribution in [0.1, 0.15) is 19.8 Å². The first kappa shape index (κ1) is 14.8. The van der Waals surface area contributed by atoms with E-state index in [4.69, 9.17) is 5.73 Å². The number of carbonyl (C=O) groups excluding carboxylic acids is 3. The van der Waals surface area contributed by atoms with Crippen LogP contribution in [-0.4, -0.2) is 71.8 Å². The third-order valence-corrected chi connectivity index (χ3v) is 4.09. The molecule has 7 nitrogen and oxygen atoms in total. The van der Waals surface area contributed by atoms with Gasteiger partial charge in [0.05, 0.1) is 0 Å². The SMILES string of the molecule is CC1CCN(C(=O)CN2C(=O)CN(C)C2=O)C(CN)C1. The Morgan fingerprint density at radius 2 is 2.10 bits per heavy atom. The van der Waals surface area contributed by atoms with Crippen molar-refractivity contribution < 1.29 is 14.4 Å². The molecule has 2 saturated heterocycles. The van der Waals surface area contributed by atoms with Crippen molar-refractivity contribution in [3.8, 4) is 0 Å². The Hall–Kier alpha value is -1.63. The number of hydrogen-bond acceptors (Lipinski definition) is 4. The second kappa shape index (κ2) is 5.78. The van der Waals surface area contributed by atoms with Gasteiger partial charge in [-0.1, -0.05) is 6.92 Å². The predicted octanol–water partition coefficient (Wildman–Crippen LogP) is -0.534. The zero-order chi connectivity index (χ0) is 14.9. The number of carbonyl (C=O) groups is 3. The summed E-state index contributed by atoms with van der Waals surface area (Å²) in [5.74, 6) is 0.0404. The van der Waals surface area contributed by atoms with Crippen LogP contribution in [0.2, 0.25) is 0 Å². The number of piperidine rings is 1. The fourth-order valence-corrected chi connectivity index (χ4v) is 2.85. The van der Waals surface area contributed by atoms with Crippen LogP contribution < -0.4 is 5.73 Å². The molecule has 0 bridgehead atoms. The van der Waals surface area contributed by atoms with Crippen molar-refractivity contribution in [1.29, 1.82) is 0 Å². The lowest BCUT2D eigenvalue weighted by atomic mass is 9.92. The molecule has 4 amide bonds. The van der Waals surface area contributed by atoms with E-state index in [1.807, 2.05) is 0 Å². The maximum absolute atomic E-state index is 12.3. The number of hydrogen-bond donors (Lipinski definition) is 1. The molecule has 2 aliphatic heterocycles. The molecule has 0 radical (unpaired) electrons. The molecule has 0 spiro atoms. The lowest BCUT2D eigenvalue weighted by Crippen LogP contribution is -2.52. The summed E-state index contributed by atoms with van der Waals surface area (Å²) >= 11 is 0. The monoisotopic (exact) mass is 282 g/mol. The molecule has 112 valence electrons. The number of rotatable bonds is 3. The Morgan fingerprint density at radius 1 is 1.40 bits per heavy atom. The standard InChI is InChI=1S/C13H22N4O3/c1-9-3-4-16(10(5-9)6-14)12(19)8-17-11(18)7-15(2)13(17)20/h9-10H,3-8,14H2,1-2H3. The van der Waals surface area contributed by atoms with Crippen molar-refractivity contribution in [3.05, 3.63) is 0 Å². The van der Waals surface area contributed by atoms with E-state index in [-0.39, 0.29) is 30.9 Å². The van der Waals surface area contributed by atoms with Gasteiger partial charge in [-0.25, -0.2) is 4.79 Å². The Bertz CT molecular complexity index is 426. The van der Waals surface area contributed by atoms with Gasteiger partial charge in [0, 0.05) is 26.2 Å². The molecule has 2 N–H and O–H groups in total. The molecule has 2 rings (SSSR count). The van der Waals surface area contributed by atoms with E-state index in [0.717, 1.165) is 17.7 Å². The summed E-state index contributed by atoms with van der Waals surface area (Å²) in [6.45, 7) is 3.08. The molecule has 2 atom stereocenters. The van der Waals surface area contributed by atoms with Crippen LogP contribution in [-0.2, 0) is 9.59 Å². The van der Waals surface area contributed by atoms with Gasteiger partial charge in [0.25, 0.3) is 5.91 Å². The van der Waals surface area contributed by atoms with Crippen molar-refractivity contribution >= 4 is 17.8 Å². The second-order valence-electron chi connectivity index (χ2n) is 5.72. The summed E-state index contributed by atoms with van der Waals surface area (Å²) < 4.78 is 0. The van der Waals surface area contributed by atoms with Gasteiger partial charge in [0.15, 0.2) is 0 Å². The Kier molecular flexibility index (Phi) is 4.27. The van der Waals surface area contributed by atoms with Crippen molar-refractivity contribution in [1.82, 2.24) is 14.7 Å². The highest BCUT2D eigenvalue weighted by Crippen LogP contribution is 2.22. The smallest absolute Gasteiger partial charge is 0.327 e. The molecule has 0 aromatic heterocycles. The maximum Gasteiger partial charge on any atom is 0.327 e. The molecule has 20 heavy (non-hydrogen) atoms. The number of likely N-dealkylation sites (N-methyl/N-ethyl adjacent to an activating group) is 1. The van der Waals surface area contributed by atoms with Gasteiger partial charge in [0.1, 0.15) is 13.1 Å². The third kappa shape index (κ3) is 2.77. The highest BCUT2D eigenvalue weighted by atomic mass is 16.2. The summed E-state index contributed by atoms with van der Waals surface area (Å²) in [7, 11) is 1.55. The Morgan fingerprint density at radius 3 is 2.65 bits per heavy atom. The van der Waals surface area contributed by atoms with Crippen LogP contribution in [0.3, 0.4) is 0 Å². The summed E-state index contributed by atoms with van der Waals surface area (Å²) in [5.41, 5.74) is 5.73. The molecule has 0 saturated carbocycles. The van der Waals surface area contributed by atoms with Crippen molar-refractivity contribution in [2.45, 2.75) is 25.8 Å². The molecule has 2 heterocycles. The van der Waals surface area contributed by atoms with E-state index >= 15 is 0 Å². The van der Waals surface area contributed by atoms with Gasteiger partial charge in [-0.05, 0) is 18.8 Å². The fraction of sp³-hybridized carbons (Fsp3) is 0.769. The molecule has 0 aromatic rings. The minimum atomic E-state index is -0.405. The van der Waals surface area contributed by atoms with Gasteiger partial charge < -0.3 is 15.5 Å². The quantitative estimate of drug-likeness (QED) is 0.705. The van der Waals surface area contributed by atoms with E-state index < -0.39 is 6.03 Å². The number of nitrogens with zero attached hydrogens (tertiary/aromatic N) is 3. The van der Waals surface area contributed by atoms with Crippen LogP contribution in [0.5, 0.6) is 0 Å². The van der Waals surface area contributed by atoms with Crippen LogP contribution in [0, 0.1) is 5.92 Å². The van der Waals surface area contributed by atoms with E-state index in [1.54, 1.807) is 11.9 Å². The van der Waals surface area contributed by atoms with E-state index in [0.29, 0.717) is 19.0 Å². The summed E-state index contributed by atoms with van der Waals surface area (Å²) in [5, 5.41) is 0. The molecule has 2 aliphatic rings. The van der Waals surface area contributed by atoms with E-state index in [2.05, 4.69) is 6.92 Å². The number of likely N-dealkylation sites (tertiary alicyclic amines) is 1. The minimum absolute atomic E-state index is 0.0109. The average molecular weight is 282 g/mol. The van der Waals surface area contributed by atoms with Gasteiger partial charge in [-0.2, -0.15) is 0 Å². The third-order valence-electron chi connectivity index (χ3n) is 4.09. The lowest BCUT2D eigenvalue weighted by Gasteiger charge is -2.38. The van der Waals surface area contributed by atoms with Gasteiger partial charge >= 0.3 is 6.03 Å². The normalized spacial score (nSPS) is 27.4. The first-order chi connectivity index (χ1) is 9.43. The van der Waals surface area contributed by atoms with Crippen molar-refractivity contribution in [2.75, 3.05) is 33.2 Å². The highest BCUT2D eigenvalue weighted by Gasteiger charge is 2.37. The minimum Gasteiger partial charge on any atom is -0.337 e. The van der Waals surface area contributed by atoms with Crippen LogP contribution >= 0.6 is 0 Å². The Labute approximate surface area is 118 Å². The molecular formula is C13H22N4O3. The molecule has 2 fully saturated rings. The summed E-state index contributed by atoms with van der Waals surface area (Å²) in [6.07, 6.45) is 1.81.